The molecule has 4 nitrogen and oxygen atoms in total. The number of hydroxylamine groups is 1. The van der Waals surface area contributed by atoms with Crippen LogP contribution in [0.1, 0.15) is 32.5 Å². The van der Waals surface area contributed by atoms with Gasteiger partial charge < -0.3 is 4.84 Å². The van der Waals surface area contributed by atoms with Gasteiger partial charge >= 0.3 is 0 Å². The highest BCUT2D eigenvalue weighted by atomic mass is 16.6. The van der Waals surface area contributed by atoms with E-state index in [4.69, 9.17) is 4.84 Å². The molecule has 1 aromatic heterocycles. The van der Waals surface area contributed by atoms with Crippen molar-refractivity contribution in [1.82, 2.24) is 15.4 Å². The molecule has 0 aromatic carbocycles. The smallest absolute Gasteiger partial charge is 0.0776 e. The molecule has 1 unspecified atom stereocenters. The Morgan fingerprint density at radius 3 is 2.71 bits per heavy atom. The quantitative estimate of drug-likeness (QED) is 0.727. The van der Waals surface area contributed by atoms with E-state index in [-0.39, 0.29) is 6.04 Å². The summed E-state index contributed by atoms with van der Waals surface area (Å²) in [6.07, 6.45) is 5.07. The molecule has 1 aromatic rings. The molecule has 0 aliphatic heterocycles. The fraction of sp³-hybridized carbons (Fsp3) is 0.600. The minimum atomic E-state index is 0.0717. The van der Waals surface area contributed by atoms with Crippen LogP contribution in [-0.4, -0.2) is 16.6 Å². The molecule has 1 heterocycles. The van der Waals surface area contributed by atoms with E-state index >= 15 is 0 Å². The summed E-state index contributed by atoms with van der Waals surface area (Å²) in [6.45, 7) is 6.90. The van der Waals surface area contributed by atoms with E-state index in [0.717, 1.165) is 5.69 Å². The number of aromatic nitrogens is 2. The van der Waals surface area contributed by atoms with Crippen molar-refractivity contribution in [3.8, 4) is 0 Å². The molecule has 0 bridgehead atoms. The van der Waals surface area contributed by atoms with Gasteiger partial charge in [-0.05, 0) is 12.8 Å². The number of nitrogens with one attached hydrogen (secondary N) is 1. The first kappa shape index (κ1) is 11.1. The summed E-state index contributed by atoms with van der Waals surface area (Å²) < 4.78 is 0. The van der Waals surface area contributed by atoms with Gasteiger partial charge in [-0.2, -0.15) is 5.48 Å². The molecule has 0 spiro atoms. The monoisotopic (exact) mass is 195 g/mol. The molecule has 1 atom stereocenters. The molecule has 0 amide bonds. The van der Waals surface area contributed by atoms with Gasteiger partial charge in [-0.25, -0.2) is 0 Å². The first-order valence-electron chi connectivity index (χ1n) is 4.83. The van der Waals surface area contributed by atoms with Gasteiger partial charge in [0.1, 0.15) is 0 Å². The van der Waals surface area contributed by atoms with Crippen LogP contribution >= 0.6 is 0 Å². The topological polar surface area (TPSA) is 47.0 Å². The van der Waals surface area contributed by atoms with Crippen LogP contribution in [-0.2, 0) is 4.84 Å². The van der Waals surface area contributed by atoms with Crippen LogP contribution in [0.4, 0.5) is 0 Å². The zero-order valence-corrected chi connectivity index (χ0v) is 8.90. The van der Waals surface area contributed by atoms with Crippen LogP contribution in [0, 0.1) is 5.92 Å². The van der Waals surface area contributed by atoms with Crippen molar-refractivity contribution < 1.29 is 4.84 Å². The Bertz CT molecular complexity index is 251. The normalized spacial score (nSPS) is 13.1. The number of hydrogen-bond acceptors (Lipinski definition) is 4. The van der Waals surface area contributed by atoms with Gasteiger partial charge in [-0.3, -0.25) is 9.97 Å². The highest BCUT2D eigenvalue weighted by molar-refractivity contribution is 4.99. The molecule has 4 heteroatoms. The van der Waals surface area contributed by atoms with Crippen LogP contribution in [0.5, 0.6) is 0 Å². The summed E-state index contributed by atoms with van der Waals surface area (Å²) >= 11 is 0. The Morgan fingerprint density at radius 1 is 1.36 bits per heavy atom. The first-order valence-corrected chi connectivity index (χ1v) is 4.83. The second kappa shape index (κ2) is 5.67. The highest BCUT2D eigenvalue weighted by Gasteiger charge is 2.05. The van der Waals surface area contributed by atoms with E-state index in [2.05, 4.69) is 29.3 Å². The average molecular weight is 195 g/mol. The number of rotatable bonds is 5. The van der Waals surface area contributed by atoms with Gasteiger partial charge in [0.15, 0.2) is 0 Å². The third-order valence-electron chi connectivity index (χ3n) is 1.70. The lowest BCUT2D eigenvalue weighted by atomic mass is 10.2. The van der Waals surface area contributed by atoms with E-state index in [0.29, 0.717) is 12.5 Å². The standard InChI is InChI=1S/C10H17N3O/c1-8(2)7-14-13-9(3)10-6-11-4-5-12-10/h4-6,8-9,13H,7H2,1-3H3. The van der Waals surface area contributed by atoms with E-state index in [1.54, 1.807) is 18.6 Å². The minimum Gasteiger partial charge on any atom is -0.301 e. The summed E-state index contributed by atoms with van der Waals surface area (Å²) in [7, 11) is 0. The zero-order valence-electron chi connectivity index (χ0n) is 8.90. The maximum Gasteiger partial charge on any atom is 0.0776 e. The van der Waals surface area contributed by atoms with Gasteiger partial charge in [-0.15, -0.1) is 0 Å². The van der Waals surface area contributed by atoms with Crippen molar-refractivity contribution in [2.24, 2.45) is 5.92 Å². The fourth-order valence-electron chi connectivity index (χ4n) is 0.934. The third-order valence-corrected chi connectivity index (χ3v) is 1.70. The van der Waals surface area contributed by atoms with Gasteiger partial charge in [0, 0.05) is 12.4 Å². The van der Waals surface area contributed by atoms with E-state index in [9.17, 15) is 0 Å². The lowest BCUT2D eigenvalue weighted by Crippen LogP contribution is -2.22. The maximum atomic E-state index is 5.29. The second-order valence-corrected chi connectivity index (χ2v) is 3.67. The summed E-state index contributed by atoms with van der Waals surface area (Å²) in [5.41, 5.74) is 3.81. The Morgan fingerprint density at radius 2 is 2.14 bits per heavy atom. The summed E-state index contributed by atoms with van der Waals surface area (Å²) in [5.74, 6) is 0.525. The predicted octanol–water partition coefficient (Wildman–Crippen LogP) is 1.71. The Kier molecular flexibility index (Phi) is 4.49. The van der Waals surface area contributed by atoms with Crippen molar-refractivity contribution in [1.29, 1.82) is 0 Å². The van der Waals surface area contributed by atoms with Crippen LogP contribution in [0.25, 0.3) is 0 Å². The number of hydrogen-bond donors (Lipinski definition) is 1. The van der Waals surface area contributed by atoms with Crippen LogP contribution in [0.2, 0.25) is 0 Å². The molecule has 0 fully saturated rings. The van der Waals surface area contributed by atoms with Crippen molar-refractivity contribution in [2.75, 3.05) is 6.61 Å². The van der Waals surface area contributed by atoms with Crippen molar-refractivity contribution in [3.05, 3.63) is 24.3 Å². The molecular weight excluding hydrogens is 178 g/mol. The van der Waals surface area contributed by atoms with E-state index < -0.39 is 0 Å². The summed E-state index contributed by atoms with van der Waals surface area (Å²) in [4.78, 5) is 13.5. The SMILES string of the molecule is CC(C)CONC(C)c1cnccn1. The zero-order chi connectivity index (χ0) is 10.4. The van der Waals surface area contributed by atoms with Crippen molar-refractivity contribution >= 4 is 0 Å². The molecule has 14 heavy (non-hydrogen) atoms. The largest absolute Gasteiger partial charge is 0.301 e. The Balaban J connectivity index is 2.32. The lowest BCUT2D eigenvalue weighted by molar-refractivity contribution is 0.00321. The third kappa shape index (κ3) is 3.81. The molecule has 0 radical (unpaired) electrons. The second-order valence-electron chi connectivity index (χ2n) is 3.67. The molecule has 0 saturated carbocycles. The van der Waals surface area contributed by atoms with Crippen LogP contribution in [0.15, 0.2) is 18.6 Å². The van der Waals surface area contributed by atoms with Crippen molar-refractivity contribution in [2.45, 2.75) is 26.8 Å². The minimum absolute atomic E-state index is 0.0717. The Labute approximate surface area is 84.7 Å². The molecule has 1 N–H and O–H groups in total. The average Bonchev–Trinajstić information content (AvgIpc) is 2.18. The number of nitrogens with zero attached hydrogens (tertiary/aromatic N) is 2. The molecular formula is C10H17N3O. The molecule has 1 rings (SSSR count). The van der Waals surface area contributed by atoms with E-state index in [1.807, 2.05) is 6.92 Å². The van der Waals surface area contributed by atoms with Crippen molar-refractivity contribution in [3.63, 3.8) is 0 Å². The molecule has 78 valence electrons. The van der Waals surface area contributed by atoms with E-state index in [1.165, 1.54) is 0 Å². The summed E-state index contributed by atoms with van der Waals surface area (Å²) in [5, 5.41) is 0. The molecule has 0 saturated heterocycles. The first-order chi connectivity index (χ1) is 6.70. The van der Waals surface area contributed by atoms with Gasteiger partial charge in [-0.1, -0.05) is 13.8 Å². The molecule has 0 aliphatic rings. The van der Waals surface area contributed by atoms with Crippen LogP contribution < -0.4 is 5.48 Å². The fourth-order valence-corrected chi connectivity index (χ4v) is 0.934. The maximum absolute atomic E-state index is 5.29. The van der Waals surface area contributed by atoms with Crippen LogP contribution in [0.3, 0.4) is 0 Å². The lowest BCUT2D eigenvalue weighted by Gasteiger charge is -2.13. The van der Waals surface area contributed by atoms with Gasteiger partial charge in [0.05, 0.1) is 24.5 Å². The summed E-state index contributed by atoms with van der Waals surface area (Å²) in [6, 6.07) is 0.0717. The molecule has 0 aliphatic carbocycles. The Hall–Kier alpha value is -1.00. The van der Waals surface area contributed by atoms with Gasteiger partial charge in [0.2, 0.25) is 0 Å². The predicted molar refractivity (Wildman–Crippen MR) is 54.4 cm³/mol. The van der Waals surface area contributed by atoms with Gasteiger partial charge in [0.25, 0.3) is 0 Å². The highest BCUT2D eigenvalue weighted by Crippen LogP contribution is 2.06.